The van der Waals surface area contributed by atoms with Crippen molar-refractivity contribution in [1.82, 2.24) is 0 Å². The molecule has 0 fully saturated rings. The molecule has 3 aliphatic rings. The quantitative estimate of drug-likeness (QED) is 0.176. The number of fused-ring (bicyclic) bond motifs is 6. The van der Waals surface area contributed by atoms with Gasteiger partial charge in [0.25, 0.3) is 0 Å². The van der Waals surface area contributed by atoms with Gasteiger partial charge >= 0.3 is 0 Å². The number of allylic oxidation sites excluding steroid dienone is 2. The summed E-state index contributed by atoms with van der Waals surface area (Å²) >= 11 is 0. The van der Waals surface area contributed by atoms with Crippen LogP contribution in [0.5, 0.6) is 0 Å². The van der Waals surface area contributed by atoms with Crippen LogP contribution in [0, 0.1) is 27.7 Å². The van der Waals surface area contributed by atoms with Crippen LogP contribution < -0.4 is 4.90 Å². The van der Waals surface area contributed by atoms with Gasteiger partial charge in [-0.1, -0.05) is 135 Å². The van der Waals surface area contributed by atoms with Crippen LogP contribution in [0.2, 0.25) is 0 Å². The molecule has 9 rings (SSSR count). The maximum atomic E-state index is 2.62. The van der Waals surface area contributed by atoms with Gasteiger partial charge in [0.05, 0.1) is 11.7 Å². The van der Waals surface area contributed by atoms with Gasteiger partial charge in [0.2, 0.25) is 0 Å². The average molecular weight is 674 g/mol. The zero-order chi connectivity index (χ0) is 35.9. The van der Waals surface area contributed by atoms with Gasteiger partial charge in [-0.15, -0.1) is 0 Å². The molecule has 0 saturated heterocycles. The molecule has 6 aromatic rings. The molecule has 3 aliphatic carbocycles. The Bertz CT molecular complexity index is 2460. The minimum Gasteiger partial charge on any atom is -0.334 e. The second-order valence-corrected chi connectivity index (χ2v) is 16.0. The lowest BCUT2D eigenvalue weighted by molar-refractivity contribution is 0.660. The summed E-state index contributed by atoms with van der Waals surface area (Å²) in [5, 5.41) is 0. The Morgan fingerprint density at radius 1 is 0.577 bits per heavy atom. The summed E-state index contributed by atoms with van der Waals surface area (Å²) in [5.41, 5.74) is 22.6. The van der Waals surface area contributed by atoms with Gasteiger partial charge in [-0.2, -0.15) is 0 Å². The van der Waals surface area contributed by atoms with Crippen molar-refractivity contribution >= 4 is 11.4 Å². The van der Waals surface area contributed by atoms with E-state index in [4.69, 9.17) is 0 Å². The molecule has 256 valence electrons. The lowest BCUT2D eigenvalue weighted by Crippen LogP contribution is -2.31. The minimum absolute atomic E-state index is 0.0232. The van der Waals surface area contributed by atoms with Gasteiger partial charge < -0.3 is 4.90 Å². The predicted molar refractivity (Wildman–Crippen MR) is 221 cm³/mol. The zero-order valence-corrected chi connectivity index (χ0v) is 31.5. The first-order valence-corrected chi connectivity index (χ1v) is 18.9. The fraction of sp³-hybridized carbons (Fsp3) is 0.216. The number of anilines is 2. The van der Waals surface area contributed by atoms with Gasteiger partial charge in [0.1, 0.15) is 0 Å². The fourth-order valence-corrected chi connectivity index (χ4v) is 9.69. The highest BCUT2D eigenvalue weighted by atomic mass is 15.2. The normalized spacial score (nSPS) is 18.9. The molecule has 6 aromatic carbocycles. The molecule has 2 atom stereocenters. The molecule has 1 nitrogen and oxygen atoms in total. The summed E-state index contributed by atoms with van der Waals surface area (Å²) in [5.74, 6) is 0. The van der Waals surface area contributed by atoms with E-state index < -0.39 is 0 Å². The molecular formula is C51H47N. The van der Waals surface area contributed by atoms with Gasteiger partial charge in [-0.3, -0.25) is 0 Å². The number of benzene rings is 6. The van der Waals surface area contributed by atoms with Crippen molar-refractivity contribution < 1.29 is 0 Å². The third-order valence-electron chi connectivity index (χ3n) is 12.7. The third-order valence-corrected chi connectivity index (χ3v) is 12.7. The molecule has 0 aromatic heterocycles. The van der Waals surface area contributed by atoms with Crippen LogP contribution in [0.15, 0.2) is 140 Å². The maximum Gasteiger partial charge on any atom is 0.0560 e. The lowest BCUT2D eigenvalue weighted by atomic mass is 9.72. The Hall–Kier alpha value is -5.40. The molecular weight excluding hydrogens is 627 g/mol. The molecule has 0 N–H and O–H groups in total. The van der Waals surface area contributed by atoms with Gasteiger partial charge in [0.15, 0.2) is 0 Å². The molecule has 0 amide bonds. The Balaban J connectivity index is 1.25. The van der Waals surface area contributed by atoms with Crippen LogP contribution in [0.25, 0.3) is 33.4 Å². The highest BCUT2D eigenvalue weighted by molar-refractivity contribution is 5.96. The topological polar surface area (TPSA) is 3.24 Å². The van der Waals surface area contributed by atoms with Crippen LogP contribution in [0.4, 0.5) is 11.4 Å². The number of hydrogen-bond acceptors (Lipinski definition) is 1. The molecule has 0 radical (unpaired) electrons. The van der Waals surface area contributed by atoms with E-state index >= 15 is 0 Å². The number of rotatable bonds is 5. The maximum absolute atomic E-state index is 2.62. The van der Waals surface area contributed by atoms with Crippen LogP contribution in [-0.2, 0) is 10.8 Å². The Morgan fingerprint density at radius 3 is 2.02 bits per heavy atom. The Morgan fingerprint density at radius 2 is 1.27 bits per heavy atom. The predicted octanol–water partition coefficient (Wildman–Crippen LogP) is 13.3. The van der Waals surface area contributed by atoms with Crippen molar-refractivity contribution in [3.8, 4) is 33.4 Å². The third kappa shape index (κ3) is 4.61. The summed E-state index contributed by atoms with van der Waals surface area (Å²) < 4.78 is 0. The second kappa shape index (κ2) is 11.8. The monoisotopic (exact) mass is 673 g/mol. The van der Waals surface area contributed by atoms with Crippen LogP contribution in [0.3, 0.4) is 0 Å². The van der Waals surface area contributed by atoms with Crippen LogP contribution in [0.1, 0.15) is 77.3 Å². The standard InChI is InChI=1S/C51H47N/c1-32-29-42-45(30-33(32)2)51(7,37-17-10-8-11-18-37)49-35(4)34(3)31-46(48(42)49)52(38-19-12-9-13-20-38)39-27-25-36(26-28-39)40-22-16-24-44-47(40)41-21-14-15-23-43(41)50(44,5)6/h8-19,21-31,38H,20H2,1-7H3. The van der Waals surface area contributed by atoms with E-state index in [1.807, 2.05) is 0 Å². The molecule has 1 heteroatoms. The van der Waals surface area contributed by atoms with E-state index in [0.717, 1.165) is 6.42 Å². The van der Waals surface area contributed by atoms with E-state index in [2.05, 4.69) is 193 Å². The first-order valence-electron chi connectivity index (χ1n) is 18.9. The number of aryl methyl sites for hydroxylation is 3. The molecule has 0 saturated carbocycles. The summed E-state index contributed by atoms with van der Waals surface area (Å²) in [6.07, 6.45) is 10.1. The van der Waals surface area contributed by atoms with E-state index in [0.29, 0.717) is 0 Å². The summed E-state index contributed by atoms with van der Waals surface area (Å²) in [6.45, 7) is 16.3. The first-order chi connectivity index (χ1) is 25.1. The van der Waals surface area contributed by atoms with E-state index in [9.17, 15) is 0 Å². The van der Waals surface area contributed by atoms with E-state index in [1.54, 1.807) is 0 Å². The Kier molecular flexibility index (Phi) is 7.39. The lowest BCUT2D eigenvalue weighted by Gasteiger charge is -2.36. The average Bonchev–Trinajstić information content (AvgIpc) is 3.56. The van der Waals surface area contributed by atoms with Crippen molar-refractivity contribution in [2.75, 3.05) is 4.90 Å². The zero-order valence-electron chi connectivity index (χ0n) is 31.5. The molecule has 0 bridgehead atoms. The van der Waals surface area contributed by atoms with Crippen molar-refractivity contribution in [2.45, 2.75) is 71.8 Å². The molecule has 0 heterocycles. The van der Waals surface area contributed by atoms with Gasteiger partial charge in [-0.05, 0) is 137 Å². The number of nitrogens with zero attached hydrogens (tertiary/aromatic N) is 1. The minimum atomic E-state index is -0.273. The van der Waals surface area contributed by atoms with E-state index in [1.165, 1.54) is 94.8 Å². The SMILES string of the molecule is Cc1cc2c(cc1C)C(C)(c1ccccc1)c1c(C)c(C)cc(N(c3ccc(-c4cccc5c4-c4ccccc4C5(C)C)cc3)C3C=CC=CC3)c1-2. The van der Waals surface area contributed by atoms with Crippen LogP contribution in [-0.4, -0.2) is 6.04 Å². The first kappa shape index (κ1) is 32.5. The number of hydrogen-bond donors (Lipinski definition) is 0. The van der Waals surface area contributed by atoms with Gasteiger partial charge in [0, 0.05) is 22.1 Å². The summed E-state index contributed by atoms with van der Waals surface area (Å²) in [4.78, 5) is 2.62. The molecule has 0 aliphatic heterocycles. The largest absolute Gasteiger partial charge is 0.334 e. The highest BCUT2D eigenvalue weighted by Crippen LogP contribution is 2.59. The fourth-order valence-electron chi connectivity index (χ4n) is 9.69. The molecule has 52 heavy (non-hydrogen) atoms. The van der Waals surface area contributed by atoms with Crippen molar-refractivity contribution in [3.63, 3.8) is 0 Å². The van der Waals surface area contributed by atoms with Crippen molar-refractivity contribution in [3.05, 3.63) is 190 Å². The summed E-state index contributed by atoms with van der Waals surface area (Å²) in [6, 6.07) is 44.0. The van der Waals surface area contributed by atoms with E-state index in [-0.39, 0.29) is 16.9 Å². The second-order valence-electron chi connectivity index (χ2n) is 16.0. The van der Waals surface area contributed by atoms with Crippen LogP contribution >= 0.6 is 0 Å². The Labute approximate surface area is 310 Å². The molecule has 0 spiro atoms. The smallest absolute Gasteiger partial charge is 0.0560 e. The molecule has 2 unspecified atom stereocenters. The van der Waals surface area contributed by atoms with Gasteiger partial charge in [-0.25, -0.2) is 0 Å². The summed E-state index contributed by atoms with van der Waals surface area (Å²) in [7, 11) is 0. The van der Waals surface area contributed by atoms with Crippen molar-refractivity contribution in [1.29, 1.82) is 0 Å². The highest BCUT2D eigenvalue weighted by Gasteiger charge is 2.45. The van der Waals surface area contributed by atoms with Crippen molar-refractivity contribution in [2.24, 2.45) is 0 Å².